The van der Waals surface area contributed by atoms with Gasteiger partial charge in [-0.1, -0.05) is 23.2 Å². The van der Waals surface area contributed by atoms with Gasteiger partial charge in [-0.2, -0.15) is 0 Å². The number of nitrogens with zero attached hydrogens (tertiary/aromatic N) is 2. The fourth-order valence-corrected chi connectivity index (χ4v) is 4.10. The predicted octanol–water partition coefficient (Wildman–Crippen LogP) is 5.21. The number of hydrogen-bond acceptors (Lipinski definition) is 3. The zero-order valence-corrected chi connectivity index (χ0v) is 18.5. The Morgan fingerprint density at radius 1 is 0.969 bits per heavy atom. The Morgan fingerprint density at radius 2 is 1.66 bits per heavy atom. The highest BCUT2D eigenvalue weighted by atomic mass is 35.5. The van der Waals surface area contributed by atoms with Gasteiger partial charge in [0, 0.05) is 16.4 Å². The summed E-state index contributed by atoms with van der Waals surface area (Å²) in [6.07, 6.45) is 1.42. The van der Waals surface area contributed by atoms with Gasteiger partial charge in [-0.25, -0.2) is 14.1 Å². The van der Waals surface area contributed by atoms with E-state index in [1.54, 1.807) is 24.3 Å². The number of aromatic nitrogens is 1. The molecule has 1 saturated heterocycles. The van der Waals surface area contributed by atoms with Gasteiger partial charge >= 0.3 is 6.03 Å². The van der Waals surface area contributed by atoms with E-state index in [2.05, 4.69) is 5.32 Å². The lowest BCUT2D eigenvalue weighted by molar-refractivity contribution is -0.122. The Hall–Kier alpha value is -3.42. The smallest absolute Gasteiger partial charge is 0.316 e. The first kappa shape index (κ1) is 21.8. The van der Waals surface area contributed by atoms with E-state index < -0.39 is 23.7 Å². The second-order valence-corrected chi connectivity index (χ2v) is 8.04. The number of carbonyl (C=O) groups is 3. The summed E-state index contributed by atoms with van der Waals surface area (Å²) in [4.78, 5) is 38.6. The van der Waals surface area contributed by atoms with Crippen LogP contribution in [0.1, 0.15) is 17.0 Å². The Morgan fingerprint density at radius 3 is 2.31 bits per heavy atom. The van der Waals surface area contributed by atoms with Crippen LogP contribution in [0.25, 0.3) is 11.8 Å². The molecule has 0 radical (unpaired) electrons. The molecule has 162 valence electrons. The van der Waals surface area contributed by atoms with Gasteiger partial charge in [0.2, 0.25) is 0 Å². The summed E-state index contributed by atoms with van der Waals surface area (Å²) >= 11 is 12.4. The Balaban J connectivity index is 1.77. The lowest BCUT2D eigenvalue weighted by atomic mass is 10.1. The predicted molar refractivity (Wildman–Crippen MR) is 121 cm³/mol. The molecule has 1 aliphatic heterocycles. The summed E-state index contributed by atoms with van der Waals surface area (Å²) in [6.45, 7) is 3.68. The van der Waals surface area contributed by atoms with Crippen LogP contribution >= 0.6 is 23.2 Å². The fourth-order valence-electron chi connectivity index (χ4n) is 3.60. The van der Waals surface area contributed by atoms with Crippen molar-refractivity contribution in [2.45, 2.75) is 13.8 Å². The van der Waals surface area contributed by atoms with Gasteiger partial charge in [-0.05, 0) is 74.0 Å². The summed E-state index contributed by atoms with van der Waals surface area (Å²) in [6, 6.07) is 10.8. The van der Waals surface area contributed by atoms with Crippen LogP contribution in [0, 0.1) is 19.7 Å². The van der Waals surface area contributed by atoms with Crippen molar-refractivity contribution in [3.63, 3.8) is 0 Å². The van der Waals surface area contributed by atoms with Crippen LogP contribution in [0.4, 0.5) is 14.9 Å². The molecule has 0 saturated carbocycles. The molecule has 0 aliphatic carbocycles. The van der Waals surface area contributed by atoms with Crippen LogP contribution in [0.15, 0.2) is 54.1 Å². The number of nitrogens with one attached hydrogen (secondary N) is 1. The fraction of sp³-hybridized carbons (Fsp3) is 0.0870. The van der Waals surface area contributed by atoms with E-state index in [9.17, 15) is 18.8 Å². The van der Waals surface area contributed by atoms with Crippen LogP contribution in [-0.2, 0) is 9.59 Å². The molecule has 2 heterocycles. The van der Waals surface area contributed by atoms with Crippen molar-refractivity contribution in [1.29, 1.82) is 0 Å². The number of urea groups is 1. The first-order chi connectivity index (χ1) is 15.2. The second kappa shape index (κ2) is 8.26. The van der Waals surface area contributed by atoms with E-state index in [0.29, 0.717) is 21.3 Å². The number of benzene rings is 2. The van der Waals surface area contributed by atoms with Gasteiger partial charge < -0.3 is 4.57 Å². The summed E-state index contributed by atoms with van der Waals surface area (Å²) in [5.41, 5.74) is 2.75. The highest BCUT2D eigenvalue weighted by Crippen LogP contribution is 2.30. The van der Waals surface area contributed by atoms with Gasteiger partial charge in [0.1, 0.15) is 11.4 Å². The molecule has 1 aliphatic rings. The molecule has 1 aromatic heterocycles. The molecule has 0 bridgehead atoms. The average Bonchev–Trinajstić information content (AvgIpc) is 3.00. The third kappa shape index (κ3) is 3.81. The highest BCUT2D eigenvalue weighted by Gasteiger charge is 2.37. The maximum absolute atomic E-state index is 13.3. The number of imide groups is 2. The van der Waals surface area contributed by atoms with Crippen molar-refractivity contribution >= 4 is 52.8 Å². The molecule has 3 aromatic rings. The SMILES string of the molecule is Cc1cc(/C=C2\C(=O)NC(=O)N(c3ccc(F)cc3)C2=O)c(C)n1-c1ccc(Cl)cc1Cl. The van der Waals surface area contributed by atoms with Crippen molar-refractivity contribution < 1.29 is 18.8 Å². The Labute approximate surface area is 192 Å². The highest BCUT2D eigenvalue weighted by molar-refractivity contribution is 6.39. The van der Waals surface area contributed by atoms with Gasteiger partial charge in [0.15, 0.2) is 0 Å². The molecule has 0 spiro atoms. The van der Waals surface area contributed by atoms with Crippen LogP contribution in [0.5, 0.6) is 0 Å². The van der Waals surface area contributed by atoms with Gasteiger partial charge in [-0.3, -0.25) is 14.9 Å². The normalized spacial score (nSPS) is 15.5. The van der Waals surface area contributed by atoms with Crippen molar-refractivity contribution in [1.82, 2.24) is 9.88 Å². The summed E-state index contributed by atoms with van der Waals surface area (Å²) in [7, 11) is 0. The minimum atomic E-state index is -0.901. The summed E-state index contributed by atoms with van der Waals surface area (Å²) < 4.78 is 15.1. The molecule has 1 fully saturated rings. The topological polar surface area (TPSA) is 71.4 Å². The number of amides is 4. The van der Waals surface area contributed by atoms with E-state index in [4.69, 9.17) is 23.2 Å². The quantitative estimate of drug-likeness (QED) is 0.421. The number of hydrogen-bond donors (Lipinski definition) is 1. The van der Waals surface area contributed by atoms with Gasteiger partial charge in [0.05, 0.1) is 16.4 Å². The minimum Gasteiger partial charge on any atom is -0.316 e. The number of barbiturate groups is 1. The molecular formula is C23H16Cl2FN3O3. The minimum absolute atomic E-state index is 0.144. The largest absolute Gasteiger partial charge is 0.335 e. The number of halogens is 3. The summed E-state index contributed by atoms with van der Waals surface area (Å²) in [5, 5.41) is 3.10. The van der Waals surface area contributed by atoms with E-state index in [1.165, 1.54) is 18.2 Å². The van der Waals surface area contributed by atoms with Gasteiger partial charge in [-0.15, -0.1) is 0 Å². The van der Waals surface area contributed by atoms with E-state index >= 15 is 0 Å². The van der Waals surface area contributed by atoms with Crippen LogP contribution in [0.2, 0.25) is 10.0 Å². The molecule has 32 heavy (non-hydrogen) atoms. The van der Waals surface area contributed by atoms with E-state index in [0.717, 1.165) is 28.4 Å². The number of rotatable bonds is 3. The maximum atomic E-state index is 13.3. The molecule has 4 rings (SSSR count). The van der Waals surface area contributed by atoms with Gasteiger partial charge in [0.25, 0.3) is 11.8 Å². The molecule has 1 N–H and O–H groups in total. The molecular weight excluding hydrogens is 456 g/mol. The zero-order chi connectivity index (χ0) is 23.2. The number of anilines is 1. The van der Waals surface area contributed by atoms with Crippen LogP contribution < -0.4 is 10.2 Å². The standard InChI is InChI=1S/C23H16Cl2FN3O3/c1-12-9-14(13(2)28(12)20-8-3-15(24)11-19(20)25)10-18-21(30)27-23(32)29(22(18)31)17-6-4-16(26)5-7-17/h3-11H,1-2H3,(H,27,30,32)/b18-10+. The molecule has 0 unspecified atom stereocenters. The van der Waals surface area contributed by atoms with E-state index in [1.807, 2.05) is 18.4 Å². The maximum Gasteiger partial charge on any atom is 0.335 e. The monoisotopic (exact) mass is 471 g/mol. The van der Waals surface area contributed by atoms with Crippen molar-refractivity contribution in [2.75, 3.05) is 4.90 Å². The van der Waals surface area contributed by atoms with Crippen LogP contribution in [-0.4, -0.2) is 22.4 Å². The van der Waals surface area contributed by atoms with E-state index in [-0.39, 0.29) is 11.3 Å². The first-order valence-electron chi connectivity index (χ1n) is 9.49. The molecule has 2 aromatic carbocycles. The average molecular weight is 472 g/mol. The lowest BCUT2D eigenvalue weighted by Crippen LogP contribution is -2.54. The van der Waals surface area contributed by atoms with Crippen molar-refractivity contribution in [2.24, 2.45) is 0 Å². The Bertz CT molecular complexity index is 1310. The Kier molecular flexibility index (Phi) is 5.62. The number of aryl methyl sites for hydroxylation is 1. The third-order valence-corrected chi connectivity index (χ3v) is 5.65. The molecule has 0 atom stereocenters. The van der Waals surface area contributed by atoms with Crippen molar-refractivity contribution in [3.8, 4) is 5.69 Å². The van der Waals surface area contributed by atoms with Crippen LogP contribution in [0.3, 0.4) is 0 Å². The number of carbonyl (C=O) groups excluding carboxylic acids is 3. The summed E-state index contributed by atoms with van der Waals surface area (Å²) in [5.74, 6) is -2.13. The second-order valence-electron chi connectivity index (χ2n) is 7.19. The third-order valence-electron chi connectivity index (χ3n) is 5.11. The first-order valence-corrected chi connectivity index (χ1v) is 10.2. The zero-order valence-electron chi connectivity index (χ0n) is 16.9. The van der Waals surface area contributed by atoms with Crippen molar-refractivity contribution in [3.05, 3.63) is 86.9 Å². The molecule has 6 nitrogen and oxygen atoms in total. The molecule has 4 amide bonds. The lowest BCUT2D eigenvalue weighted by Gasteiger charge is -2.26. The molecule has 9 heteroatoms.